The van der Waals surface area contributed by atoms with Gasteiger partial charge in [-0.1, -0.05) is 12.1 Å². The summed E-state index contributed by atoms with van der Waals surface area (Å²) in [6.07, 6.45) is -4.73. The van der Waals surface area contributed by atoms with E-state index in [-0.39, 0.29) is 30.2 Å². The normalized spacial score (nSPS) is 18.0. The Bertz CT molecular complexity index is 1270. The summed E-state index contributed by atoms with van der Waals surface area (Å²) in [4.78, 5) is 1.52. The summed E-state index contributed by atoms with van der Waals surface area (Å²) in [5.74, 6) is 0.257. The lowest BCUT2D eigenvalue weighted by atomic mass is 10.1. The lowest BCUT2D eigenvalue weighted by molar-refractivity contribution is -0.137. The van der Waals surface area contributed by atoms with Gasteiger partial charge in [-0.2, -0.15) is 17.5 Å². The third kappa shape index (κ3) is 4.63. The lowest BCUT2D eigenvalue weighted by Gasteiger charge is -2.40. The van der Waals surface area contributed by atoms with Gasteiger partial charge >= 0.3 is 6.18 Å². The fraction of sp³-hybridized carbons (Fsp3) is 0.304. The van der Waals surface area contributed by atoms with Crippen molar-refractivity contribution in [2.45, 2.75) is 31.0 Å². The first-order chi connectivity index (χ1) is 15.5. The molecule has 0 bridgehead atoms. The molecule has 1 aliphatic heterocycles. The van der Waals surface area contributed by atoms with Crippen LogP contribution in [0.25, 0.3) is 11.3 Å². The van der Waals surface area contributed by atoms with Gasteiger partial charge in [-0.05, 0) is 56.3 Å². The van der Waals surface area contributed by atoms with E-state index in [2.05, 4.69) is 0 Å². The quantitative estimate of drug-likeness (QED) is 0.473. The summed E-state index contributed by atoms with van der Waals surface area (Å²) >= 11 is 0. The smallest absolute Gasteiger partial charge is 0.418 e. The highest BCUT2D eigenvalue weighted by Crippen LogP contribution is 2.38. The van der Waals surface area contributed by atoms with Gasteiger partial charge in [0.25, 0.3) is 0 Å². The number of anilines is 1. The predicted molar refractivity (Wildman–Crippen MR) is 116 cm³/mol. The molecule has 176 valence electrons. The van der Waals surface area contributed by atoms with Gasteiger partial charge in [0.05, 0.1) is 10.5 Å². The van der Waals surface area contributed by atoms with Crippen molar-refractivity contribution in [1.29, 1.82) is 0 Å². The first kappa shape index (κ1) is 23.3. The summed E-state index contributed by atoms with van der Waals surface area (Å²) < 4.78 is 87.4. The molecule has 10 heteroatoms. The number of rotatable bonds is 4. The molecule has 3 aromatic rings. The van der Waals surface area contributed by atoms with Gasteiger partial charge in [0.2, 0.25) is 10.0 Å². The minimum atomic E-state index is -4.73. The number of alkyl halides is 3. The minimum absolute atomic E-state index is 0.0116. The van der Waals surface area contributed by atoms with E-state index in [0.717, 1.165) is 12.1 Å². The molecular formula is C23H22F4N2O3S. The molecule has 0 N–H and O–H groups in total. The zero-order valence-corrected chi connectivity index (χ0v) is 18.8. The van der Waals surface area contributed by atoms with Crippen LogP contribution in [0.2, 0.25) is 0 Å². The Morgan fingerprint density at radius 3 is 2.42 bits per heavy atom. The van der Waals surface area contributed by atoms with Crippen molar-refractivity contribution in [3.8, 4) is 11.3 Å². The largest absolute Gasteiger partial charge is 0.461 e. The molecule has 0 aliphatic carbocycles. The van der Waals surface area contributed by atoms with Crippen LogP contribution < -0.4 is 4.90 Å². The highest BCUT2D eigenvalue weighted by atomic mass is 32.2. The van der Waals surface area contributed by atoms with Crippen LogP contribution in [0, 0.1) is 12.7 Å². The van der Waals surface area contributed by atoms with E-state index in [1.165, 1.54) is 21.3 Å². The number of nitrogens with zero attached hydrogens (tertiary/aromatic N) is 2. The van der Waals surface area contributed by atoms with E-state index in [4.69, 9.17) is 4.42 Å². The second-order valence-corrected chi connectivity index (χ2v) is 9.90. The number of hydrogen-bond acceptors (Lipinski definition) is 4. The summed E-state index contributed by atoms with van der Waals surface area (Å²) in [5, 5.41) is 0. The lowest BCUT2D eigenvalue weighted by Crippen LogP contribution is -2.54. The SMILES string of the molecule is Cc1ccc(-c2cccc(S(=O)(=O)N3CCN(c4ccc(F)cc4C(F)(F)F)C[C@H]3C)c2)o1. The van der Waals surface area contributed by atoms with Crippen LogP contribution in [-0.4, -0.2) is 38.4 Å². The Morgan fingerprint density at radius 1 is 1.03 bits per heavy atom. The van der Waals surface area contributed by atoms with Crippen molar-refractivity contribution in [3.05, 3.63) is 71.7 Å². The third-order valence-corrected chi connectivity index (χ3v) is 7.65. The third-order valence-electron chi connectivity index (χ3n) is 5.64. The zero-order chi connectivity index (χ0) is 24.0. The van der Waals surface area contributed by atoms with Gasteiger partial charge in [-0.25, -0.2) is 12.8 Å². The summed E-state index contributed by atoms with van der Waals surface area (Å²) in [7, 11) is -3.90. The van der Waals surface area contributed by atoms with Gasteiger partial charge < -0.3 is 9.32 Å². The Kier molecular flexibility index (Phi) is 6.00. The summed E-state index contributed by atoms with van der Waals surface area (Å²) in [5.41, 5.74) is -0.632. The predicted octanol–water partition coefficient (Wildman–Crippen LogP) is 5.31. The molecule has 2 heterocycles. The first-order valence-electron chi connectivity index (χ1n) is 10.3. The minimum Gasteiger partial charge on any atom is -0.461 e. The number of piperazine rings is 1. The second-order valence-electron chi connectivity index (χ2n) is 8.01. The summed E-state index contributed by atoms with van der Waals surface area (Å²) in [6, 6.07) is 11.8. The number of aryl methyl sites for hydroxylation is 1. The van der Waals surface area contributed by atoms with Crippen LogP contribution >= 0.6 is 0 Å². The van der Waals surface area contributed by atoms with E-state index >= 15 is 0 Å². The molecule has 1 saturated heterocycles. The molecule has 0 amide bonds. The van der Waals surface area contributed by atoms with E-state index in [1.807, 2.05) is 0 Å². The van der Waals surface area contributed by atoms with Gasteiger partial charge in [0.15, 0.2) is 0 Å². The Balaban J connectivity index is 1.59. The molecule has 0 saturated carbocycles. The van der Waals surface area contributed by atoms with Gasteiger partial charge in [0.1, 0.15) is 17.3 Å². The van der Waals surface area contributed by atoms with Crippen LogP contribution in [0.1, 0.15) is 18.2 Å². The fourth-order valence-electron chi connectivity index (χ4n) is 4.06. The van der Waals surface area contributed by atoms with Crippen LogP contribution in [0.4, 0.5) is 23.2 Å². The van der Waals surface area contributed by atoms with Crippen molar-refractivity contribution in [2.24, 2.45) is 0 Å². The Labute approximate surface area is 189 Å². The van der Waals surface area contributed by atoms with E-state index in [1.54, 1.807) is 38.1 Å². The molecule has 0 radical (unpaired) electrons. The molecule has 0 unspecified atom stereocenters. The zero-order valence-electron chi connectivity index (χ0n) is 17.9. The maximum Gasteiger partial charge on any atom is 0.418 e. The van der Waals surface area contributed by atoms with Crippen molar-refractivity contribution in [2.75, 3.05) is 24.5 Å². The number of furan rings is 1. The number of hydrogen-bond donors (Lipinski definition) is 0. The fourth-order valence-corrected chi connectivity index (χ4v) is 5.72. The van der Waals surface area contributed by atoms with Gasteiger partial charge in [-0.3, -0.25) is 0 Å². The molecular weight excluding hydrogens is 460 g/mol. The maximum absolute atomic E-state index is 13.5. The molecule has 1 fully saturated rings. The van der Waals surface area contributed by atoms with Crippen molar-refractivity contribution >= 4 is 15.7 Å². The second kappa shape index (κ2) is 8.49. The van der Waals surface area contributed by atoms with Crippen molar-refractivity contribution in [3.63, 3.8) is 0 Å². The topological polar surface area (TPSA) is 53.8 Å². The molecule has 33 heavy (non-hydrogen) atoms. The number of halogens is 4. The number of benzene rings is 2. The van der Waals surface area contributed by atoms with Crippen LogP contribution in [0.5, 0.6) is 0 Å². The van der Waals surface area contributed by atoms with E-state index < -0.39 is 33.6 Å². The Morgan fingerprint density at radius 2 is 1.79 bits per heavy atom. The van der Waals surface area contributed by atoms with E-state index in [0.29, 0.717) is 23.2 Å². The van der Waals surface area contributed by atoms with Crippen molar-refractivity contribution < 1.29 is 30.4 Å². The van der Waals surface area contributed by atoms with Gasteiger partial charge in [-0.15, -0.1) is 0 Å². The molecule has 1 aromatic heterocycles. The molecule has 4 rings (SSSR count). The van der Waals surface area contributed by atoms with Crippen LogP contribution in [0.3, 0.4) is 0 Å². The molecule has 0 spiro atoms. The van der Waals surface area contributed by atoms with Crippen LogP contribution in [-0.2, 0) is 16.2 Å². The maximum atomic E-state index is 13.5. The molecule has 1 aliphatic rings. The highest BCUT2D eigenvalue weighted by molar-refractivity contribution is 7.89. The standard InChI is InChI=1S/C23H22F4N2O3S/c1-15-14-28(21-8-7-18(24)13-20(21)23(25,26)27)10-11-29(15)33(30,31)19-5-3-4-17(12-19)22-9-6-16(2)32-22/h3-9,12-13,15H,10-11,14H2,1-2H3/t15-/m1/s1. The average molecular weight is 482 g/mol. The highest BCUT2D eigenvalue weighted by Gasteiger charge is 2.39. The molecule has 2 aromatic carbocycles. The monoisotopic (exact) mass is 482 g/mol. The molecule has 5 nitrogen and oxygen atoms in total. The van der Waals surface area contributed by atoms with E-state index in [9.17, 15) is 26.0 Å². The Hall–Kier alpha value is -2.85. The molecule has 1 atom stereocenters. The summed E-state index contributed by atoms with van der Waals surface area (Å²) in [6.45, 7) is 3.49. The van der Waals surface area contributed by atoms with Crippen LogP contribution in [0.15, 0.2) is 63.9 Å². The van der Waals surface area contributed by atoms with Crippen molar-refractivity contribution in [1.82, 2.24) is 4.31 Å². The number of sulfonamides is 1. The first-order valence-corrected chi connectivity index (χ1v) is 11.7. The van der Waals surface area contributed by atoms with Gasteiger partial charge in [0, 0.05) is 36.9 Å². The average Bonchev–Trinajstić information content (AvgIpc) is 3.19.